The Hall–Kier alpha value is -3.46. The van der Waals surface area contributed by atoms with E-state index in [-0.39, 0.29) is 5.89 Å². The molecule has 0 spiro atoms. The summed E-state index contributed by atoms with van der Waals surface area (Å²) < 4.78 is 5.57. The van der Waals surface area contributed by atoms with Gasteiger partial charge in [0.25, 0.3) is 0 Å². The molecule has 0 radical (unpaired) electrons. The number of oxazole rings is 1. The molecule has 1 aliphatic heterocycles. The predicted molar refractivity (Wildman–Crippen MR) is 89.8 cm³/mol. The number of benzene rings is 2. The molecule has 6 heteroatoms. The Morgan fingerprint density at radius 1 is 1.16 bits per heavy atom. The monoisotopic (exact) mass is 331 g/mol. The molecule has 2 aromatic carbocycles. The predicted octanol–water partition coefficient (Wildman–Crippen LogP) is 3.20. The fourth-order valence-corrected chi connectivity index (χ4v) is 2.77. The van der Waals surface area contributed by atoms with Gasteiger partial charge in [0.1, 0.15) is 5.52 Å². The van der Waals surface area contributed by atoms with E-state index in [0.717, 1.165) is 5.56 Å². The van der Waals surface area contributed by atoms with Gasteiger partial charge in [0.05, 0.1) is 11.8 Å². The highest BCUT2D eigenvalue weighted by molar-refractivity contribution is 6.05. The maximum atomic E-state index is 12.7. The van der Waals surface area contributed by atoms with E-state index in [1.165, 1.54) is 0 Å². The van der Waals surface area contributed by atoms with Crippen LogP contribution in [-0.4, -0.2) is 22.6 Å². The lowest BCUT2D eigenvalue weighted by Crippen LogP contribution is -2.26. The van der Waals surface area contributed by atoms with Gasteiger partial charge in [0, 0.05) is 6.42 Å². The third-order valence-corrected chi connectivity index (χ3v) is 4.06. The lowest BCUT2D eigenvalue weighted by atomic mass is 9.96. The van der Waals surface area contributed by atoms with Crippen LogP contribution in [0.1, 0.15) is 23.8 Å². The molecule has 0 saturated heterocycles. The molecule has 2 heterocycles. The van der Waals surface area contributed by atoms with Crippen molar-refractivity contribution >= 4 is 22.6 Å². The SMILES string of the molecule is N#C[C@H](C(=O)[C@H]1CC(c2ccccc2)=NO1)c1nc2ccccc2o1. The molecule has 6 nitrogen and oxygen atoms in total. The van der Waals surface area contributed by atoms with Gasteiger partial charge in [-0.3, -0.25) is 4.79 Å². The summed E-state index contributed by atoms with van der Waals surface area (Å²) >= 11 is 0. The number of carbonyl (C=O) groups excluding carboxylic acids is 1. The summed E-state index contributed by atoms with van der Waals surface area (Å²) in [6.45, 7) is 0. The molecular formula is C19H13N3O3. The highest BCUT2D eigenvalue weighted by atomic mass is 16.6. The van der Waals surface area contributed by atoms with Crippen molar-refractivity contribution in [1.29, 1.82) is 5.26 Å². The molecule has 1 aliphatic rings. The zero-order valence-corrected chi connectivity index (χ0v) is 13.1. The first-order valence-corrected chi connectivity index (χ1v) is 7.83. The fraction of sp³-hybridized carbons (Fsp3) is 0.158. The van der Waals surface area contributed by atoms with Crippen LogP contribution < -0.4 is 0 Å². The fourth-order valence-electron chi connectivity index (χ4n) is 2.77. The molecule has 4 rings (SSSR count). The van der Waals surface area contributed by atoms with E-state index in [0.29, 0.717) is 23.2 Å². The maximum Gasteiger partial charge on any atom is 0.220 e. The van der Waals surface area contributed by atoms with Crippen LogP contribution in [0.3, 0.4) is 0 Å². The van der Waals surface area contributed by atoms with Crippen LogP contribution in [0, 0.1) is 11.3 Å². The number of fused-ring (bicyclic) bond motifs is 1. The maximum absolute atomic E-state index is 12.7. The number of ketones is 1. The third-order valence-electron chi connectivity index (χ3n) is 4.06. The normalized spacial score (nSPS) is 17.6. The van der Waals surface area contributed by atoms with E-state index in [9.17, 15) is 10.1 Å². The molecule has 1 aromatic heterocycles. The molecule has 0 bridgehead atoms. The van der Waals surface area contributed by atoms with Gasteiger partial charge in [-0.05, 0) is 17.7 Å². The first kappa shape index (κ1) is 15.1. The number of nitrogens with zero attached hydrogens (tertiary/aromatic N) is 3. The Bertz CT molecular complexity index is 968. The van der Waals surface area contributed by atoms with Gasteiger partial charge in [-0.25, -0.2) is 4.98 Å². The summed E-state index contributed by atoms with van der Waals surface area (Å²) in [6.07, 6.45) is -0.490. The average molecular weight is 331 g/mol. The van der Waals surface area contributed by atoms with Gasteiger partial charge in [0.15, 0.2) is 17.6 Å². The van der Waals surface area contributed by atoms with E-state index in [4.69, 9.17) is 9.25 Å². The Morgan fingerprint density at radius 3 is 2.68 bits per heavy atom. The second-order valence-electron chi connectivity index (χ2n) is 5.69. The van der Waals surface area contributed by atoms with Crippen molar-refractivity contribution in [2.75, 3.05) is 0 Å². The van der Waals surface area contributed by atoms with E-state index >= 15 is 0 Å². The molecule has 0 amide bonds. The van der Waals surface area contributed by atoms with Crippen LogP contribution in [0.4, 0.5) is 0 Å². The zero-order chi connectivity index (χ0) is 17.2. The number of oxime groups is 1. The van der Waals surface area contributed by atoms with Gasteiger partial charge >= 0.3 is 0 Å². The molecule has 0 saturated carbocycles. The summed E-state index contributed by atoms with van der Waals surface area (Å²) in [5, 5.41) is 13.5. The molecule has 3 aromatic rings. The lowest BCUT2D eigenvalue weighted by molar-refractivity contribution is -0.129. The van der Waals surface area contributed by atoms with Gasteiger partial charge < -0.3 is 9.25 Å². The summed E-state index contributed by atoms with van der Waals surface area (Å²) in [7, 11) is 0. The number of rotatable bonds is 4. The number of hydrogen-bond donors (Lipinski definition) is 0. The first-order chi connectivity index (χ1) is 12.3. The highest BCUT2D eigenvalue weighted by Crippen LogP contribution is 2.26. The van der Waals surface area contributed by atoms with Gasteiger partial charge in [-0.1, -0.05) is 47.6 Å². The van der Waals surface area contributed by atoms with Crippen molar-refractivity contribution in [3.05, 3.63) is 66.1 Å². The Balaban J connectivity index is 1.55. The van der Waals surface area contributed by atoms with E-state index in [1.54, 1.807) is 18.2 Å². The minimum atomic E-state index is -1.12. The molecule has 2 atom stereocenters. The van der Waals surface area contributed by atoms with Crippen LogP contribution in [0.25, 0.3) is 11.1 Å². The van der Waals surface area contributed by atoms with Crippen molar-refractivity contribution in [3.8, 4) is 6.07 Å². The van der Waals surface area contributed by atoms with Crippen molar-refractivity contribution in [3.63, 3.8) is 0 Å². The Kier molecular flexibility index (Phi) is 3.75. The molecule has 0 fully saturated rings. The molecule has 0 N–H and O–H groups in total. The molecule has 122 valence electrons. The van der Waals surface area contributed by atoms with Crippen molar-refractivity contribution < 1.29 is 14.0 Å². The smallest absolute Gasteiger partial charge is 0.220 e. The number of para-hydroxylation sites is 2. The quantitative estimate of drug-likeness (QED) is 0.732. The van der Waals surface area contributed by atoms with Crippen LogP contribution in [0.2, 0.25) is 0 Å². The summed E-state index contributed by atoms with van der Waals surface area (Å²) in [6, 6.07) is 18.6. The molecule has 25 heavy (non-hydrogen) atoms. The standard InChI is InChI=1S/C19H13N3O3/c20-11-13(19-21-14-8-4-5-9-16(14)24-19)18(23)17-10-15(22-25-17)12-6-2-1-3-7-12/h1-9,13,17H,10H2/t13-,17-/m1/s1. The van der Waals surface area contributed by atoms with Crippen molar-refractivity contribution in [1.82, 2.24) is 4.98 Å². The van der Waals surface area contributed by atoms with Crippen LogP contribution in [0.5, 0.6) is 0 Å². The van der Waals surface area contributed by atoms with Gasteiger partial charge in [-0.15, -0.1) is 0 Å². The van der Waals surface area contributed by atoms with E-state index < -0.39 is 17.8 Å². The molecule has 0 unspecified atom stereocenters. The number of carbonyl (C=O) groups is 1. The van der Waals surface area contributed by atoms with Crippen LogP contribution >= 0.6 is 0 Å². The number of nitriles is 1. The zero-order valence-electron chi connectivity index (χ0n) is 13.1. The third kappa shape index (κ3) is 2.76. The van der Waals surface area contributed by atoms with Gasteiger partial charge in [0.2, 0.25) is 11.7 Å². The van der Waals surface area contributed by atoms with E-state index in [1.807, 2.05) is 42.5 Å². The van der Waals surface area contributed by atoms with Crippen LogP contribution in [0.15, 0.2) is 64.2 Å². The minimum absolute atomic E-state index is 0.0884. The Morgan fingerprint density at radius 2 is 1.92 bits per heavy atom. The minimum Gasteiger partial charge on any atom is -0.439 e. The average Bonchev–Trinajstić information content (AvgIpc) is 3.30. The molecule has 0 aliphatic carbocycles. The summed E-state index contributed by atoms with van der Waals surface area (Å²) in [4.78, 5) is 22.2. The first-order valence-electron chi connectivity index (χ1n) is 7.83. The second-order valence-corrected chi connectivity index (χ2v) is 5.69. The van der Waals surface area contributed by atoms with Gasteiger partial charge in [-0.2, -0.15) is 5.26 Å². The van der Waals surface area contributed by atoms with Crippen molar-refractivity contribution in [2.45, 2.75) is 18.4 Å². The topological polar surface area (TPSA) is 88.5 Å². The summed E-state index contributed by atoms with van der Waals surface area (Å²) in [5.74, 6) is -1.43. The number of aromatic nitrogens is 1. The highest BCUT2D eigenvalue weighted by Gasteiger charge is 2.37. The summed E-state index contributed by atoms with van der Waals surface area (Å²) in [5.41, 5.74) is 2.74. The number of Topliss-reactive ketones (excluding diaryl/α,β-unsaturated/α-hetero) is 1. The van der Waals surface area contributed by atoms with Crippen molar-refractivity contribution in [2.24, 2.45) is 5.16 Å². The largest absolute Gasteiger partial charge is 0.439 e. The number of hydrogen-bond acceptors (Lipinski definition) is 6. The Labute approximate surface area is 143 Å². The lowest BCUT2D eigenvalue weighted by Gasteiger charge is -2.09. The van der Waals surface area contributed by atoms with E-state index in [2.05, 4.69) is 10.1 Å². The van der Waals surface area contributed by atoms with Crippen LogP contribution in [-0.2, 0) is 9.63 Å². The molecular weight excluding hydrogens is 318 g/mol. The second kappa shape index (κ2) is 6.21.